The molecule has 1 amide bonds. The van der Waals surface area contributed by atoms with E-state index in [4.69, 9.17) is 4.74 Å². The molecule has 21 heavy (non-hydrogen) atoms. The van der Waals surface area contributed by atoms with Crippen LogP contribution in [0.15, 0.2) is 10.9 Å². The summed E-state index contributed by atoms with van der Waals surface area (Å²) in [7, 11) is 0. The normalized spacial score (nSPS) is 14.0. The van der Waals surface area contributed by atoms with Crippen LogP contribution in [0.1, 0.15) is 26.5 Å². The van der Waals surface area contributed by atoms with Gasteiger partial charge in [-0.25, -0.2) is 0 Å². The molecule has 2 rings (SSSR count). The van der Waals surface area contributed by atoms with Gasteiger partial charge in [0.25, 0.3) is 5.56 Å². The second-order valence-electron chi connectivity index (χ2n) is 5.95. The molecule has 2 N–H and O–H groups in total. The fourth-order valence-electron chi connectivity index (χ4n) is 2.09. The van der Waals surface area contributed by atoms with Gasteiger partial charge in [0.1, 0.15) is 17.8 Å². The van der Waals surface area contributed by atoms with Gasteiger partial charge >= 0.3 is 5.97 Å². The highest BCUT2D eigenvalue weighted by Crippen LogP contribution is 2.21. The number of hydrogen-bond acceptors (Lipinski definition) is 5. The SMILES string of the molecule is Cc1cc2c(c(=O)n1CC(=O)OC(C)(C)C)NC(=O)CN2. The van der Waals surface area contributed by atoms with Crippen LogP contribution in [0.2, 0.25) is 0 Å². The first kappa shape index (κ1) is 15.1. The number of nitrogens with one attached hydrogen (secondary N) is 2. The molecule has 0 saturated carbocycles. The summed E-state index contributed by atoms with van der Waals surface area (Å²) < 4.78 is 6.51. The Hall–Kier alpha value is -2.31. The molecule has 0 atom stereocenters. The zero-order chi connectivity index (χ0) is 15.8. The zero-order valence-electron chi connectivity index (χ0n) is 12.6. The van der Waals surface area contributed by atoms with E-state index in [1.807, 2.05) is 0 Å². The third-order valence-electron chi connectivity index (χ3n) is 2.92. The minimum absolute atomic E-state index is 0.127. The molecule has 0 fully saturated rings. The quantitative estimate of drug-likeness (QED) is 0.790. The van der Waals surface area contributed by atoms with Crippen LogP contribution in [0, 0.1) is 6.92 Å². The predicted octanol–water partition coefficient (Wildman–Crippen LogP) is 0.862. The second kappa shape index (κ2) is 5.23. The maximum absolute atomic E-state index is 12.4. The van der Waals surface area contributed by atoms with E-state index in [1.165, 1.54) is 4.57 Å². The van der Waals surface area contributed by atoms with Crippen LogP contribution >= 0.6 is 0 Å². The van der Waals surface area contributed by atoms with Gasteiger partial charge in [-0.1, -0.05) is 0 Å². The molecule has 0 spiro atoms. The van der Waals surface area contributed by atoms with Gasteiger partial charge < -0.3 is 15.4 Å². The lowest BCUT2D eigenvalue weighted by molar-refractivity contribution is -0.155. The van der Waals surface area contributed by atoms with Gasteiger partial charge in [0.05, 0.1) is 12.2 Å². The fraction of sp³-hybridized carbons (Fsp3) is 0.500. The van der Waals surface area contributed by atoms with Crippen molar-refractivity contribution in [2.24, 2.45) is 0 Å². The Balaban J connectivity index is 2.33. The van der Waals surface area contributed by atoms with Crippen LogP contribution in [0.4, 0.5) is 11.4 Å². The van der Waals surface area contributed by atoms with Crippen molar-refractivity contribution in [3.05, 3.63) is 22.1 Å². The Morgan fingerprint density at radius 2 is 2.05 bits per heavy atom. The number of ether oxygens (including phenoxy) is 1. The van der Waals surface area contributed by atoms with Crippen molar-refractivity contribution < 1.29 is 14.3 Å². The largest absolute Gasteiger partial charge is 0.459 e. The summed E-state index contributed by atoms with van der Waals surface area (Å²) in [6.07, 6.45) is 0. The number of carbonyl (C=O) groups excluding carboxylic acids is 2. The lowest BCUT2D eigenvalue weighted by Gasteiger charge is -2.23. The standard InChI is InChI=1S/C14H19N3O4/c1-8-5-9-12(16-10(18)6-15-9)13(20)17(8)7-11(19)21-14(2,3)4/h5,15H,6-7H2,1-4H3,(H,16,18). The maximum atomic E-state index is 12.4. The van der Waals surface area contributed by atoms with E-state index < -0.39 is 17.1 Å². The smallest absolute Gasteiger partial charge is 0.326 e. The van der Waals surface area contributed by atoms with Gasteiger partial charge in [0.2, 0.25) is 5.91 Å². The van der Waals surface area contributed by atoms with E-state index in [0.717, 1.165) is 0 Å². The number of esters is 1. The Morgan fingerprint density at radius 1 is 1.38 bits per heavy atom. The molecule has 1 aliphatic heterocycles. The van der Waals surface area contributed by atoms with E-state index >= 15 is 0 Å². The molecule has 1 aromatic rings. The first-order valence-electron chi connectivity index (χ1n) is 6.67. The second-order valence-corrected chi connectivity index (χ2v) is 5.95. The van der Waals surface area contributed by atoms with E-state index in [2.05, 4.69) is 10.6 Å². The third kappa shape index (κ3) is 3.42. The zero-order valence-corrected chi connectivity index (χ0v) is 12.6. The predicted molar refractivity (Wildman–Crippen MR) is 78.4 cm³/mol. The molecule has 0 bridgehead atoms. The summed E-state index contributed by atoms with van der Waals surface area (Å²) >= 11 is 0. The molecule has 7 heteroatoms. The number of fused-ring (bicyclic) bond motifs is 1. The molecule has 1 aromatic heterocycles. The highest BCUT2D eigenvalue weighted by molar-refractivity contribution is 6.00. The maximum Gasteiger partial charge on any atom is 0.326 e. The molecule has 0 aromatic carbocycles. The fourth-order valence-corrected chi connectivity index (χ4v) is 2.09. The topological polar surface area (TPSA) is 89.4 Å². The summed E-state index contributed by atoms with van der Waals surface area (Å²) in [6.45, 7) is 6.95. The van der Waals surface area contributed by atoms with Crippen LogP contribution < -0.4 is 16.2 Å². The van der Waals surface area contributed by atoms with E-state index in [9.17, 15) is 14.4 Å². The first-order chi connectivity index (χ1) is 9.67. The lowest BCUT2D eigenvalue weighted by atomic mass is 10.2. The Bertz CT molecular complexity index is 655. The van der Waals surface area contributed by atoms with Crippen molar-refractivity contribution in [2.75, 3.05) is 17.2 Å². The highest BCUT2D eigenvalue weighted by atomic mass is 16.6. The van der Waals surface area contributed by atoms with Crippen LogP contribution in [-0.4, -0.2) is 28.6 Å². The Labute approximate surface area is 122 Å². The van der Waals surface area contributed by atoms with Gasteiger partial charge in [-0.2, -0.15) is 0 Å². The number of amides is 1. The number of pyridine rings is 1. The van der Waals surface area contributed by atoms with Crippen LogP contribution in [0.3, 0.4) is 0 Å². The summed E-state index contributed by atoms with van der Waals surface area (Å²) in [5.74, 6) is -0.782. The highest BCUT2D eigenvalue weighted by Gasteiger charge is 2.22. The minimum atomic E-state index is -0.613. The third-order valence-corrected chi connectivity index (χ3v) is 2.92. The molecular formula is C14H19N3O4. The summed E-state index contributed by atoms with van der Waals surface area (Å²) in [6, 6.07) is 1.72. The summed E-state index contributed by atoms with van der Waals surface area (Å²) in [5.41, 5.74) is 0.320. The number of hydrogen-bond donors (Lipinski definition) is 2. The van der Waals surface area contributed by atoms with Gasteiger partial charge in [-0.15, -0.1) is 0 Å². The number of rotatable bonds is 2. The summed E-state index contributed by atoms with van der Waals surface area (Å²) in [4.78, 5) is 35.6. The monoisotopic (exact) mass is 293 g/mol. The van der Waals surface area contributed by atoms with Crippen molar-refractivity contribution in [3.63, 3.8) is 0 Å². The van der Waals surface area contributed by atoms with Crippen LogP contribution in [0.25, 0.3) is 0 Å². The Kier molecular flexibility index (Phi) is 3.76. The molecule has 0 saturated heterocycles. The van der Waals surface area contributed by atoms with Gasteiger partial charge in [-0.05, 0) is 33.8 Å². The number of anilines is 2. The van der Waals surface area contributed by atoms with Crippen LogP contribution in [-0.2, 0) is 20.9 Å². The molecule has 0 radical (unpaired) electrons. The summed E-state index contributed by atoms with van der Waals surface area (Å²) in [5, 5.41) is 5.40. The average molecular weight is 293 g/mol. The van der Waals surface area contributed by atoms with Crippen molar-refractivity contribution in [1.82, 2.24) is 4.57 Å². The van der Waals surface area contributed by atoms with Gasteiger partial charge in [0, 0.05) is 5.69 Å². The molecule has 7 nitrogen and oxygen atoms in total. The van der Waals surface area contributed by atoms with E-state index in [0.29, 0.717) is 11.4 Å². The minimum Gasteiger partial charge on any atom is -0.459 e. The van der Waals surface area contributed by atoms with Crippen molar-refractivity contribution in [2.45, 2.75) is 39.8 Å². The molecule has 0 unspecified atom stereocenters. The van der Waals surface area contributed by atoms with Crippen molar-refractivity contribution in [1.29, 1.82) is 0 Å². The van der Waals surface area contributed by atoms with Gasteiger partial charge in [-0.3, -0.25) is 19.0 Å². The number of carbonyl (C=O) groups is 2. The molecular weight excluding hydrogens is 274 g/mol. The number of aryl methyl sites for hydroxylation is 1. The van der Waals surface area contributed by atoms with Crippen molar-refractivity contribution >= 4 is 23.3 Å². The molecule has 0 aliphatic carbocycles. The Morgan fingerprint density at radius 3 is 2.67 bits per heavy atom. The van der Waals surface area contributed by atoms with E-state index in [1.54, 1.807) is 33.8 Å². The van der Waals surface area contributed by atoms with Gasteiger partial charge in [0.15, 0.2) is 0 Å². The number of nitrogens with zero attached hydrogens (tertiary/aromatic N) is 1. The first-order valence-corrected chi connectivity index (χ1v) is 6.67. The average Bonchev–Trinajstić information content (AvgIpc) is 2.33. The lowest BCUT2D eigenvalue weighted by Crippen LogP contribution is -2.37. The number of aromatic nitrogens is 1. The molecule has 1 aliphatic rings. The van der Waals surface area contributed by atoms with E-state index in [-0.39, 0.29) is 24.7 Å². The molecule has 114 valence electrons. The molecule has 2 heterocycles. The van der Waals surface area contributed by atoms with Crippen molar-refractivity contribution in [3.8, 4) is 0 Å². The van der Waals surface area contributed by atoms with Crippen LogP contribution in [0.5, 0.6) is 0 Å².